The molecule has 0 N–H and O–H groups in total. The van der Waals surface area contributed by atoms with Gasteiger partial charge < -0.3 is 9.80 Å². The molecule has 0 amide bonds. The van der Waals surface area contributed by atoms with E-state index in [4.69, 9.17) is 33.2 Å². The summed E-state index contributed by atoms with van der Waals surface area (Å²) in [4.78, 5) is 15.1. The molecule has 2 saturated heterocycles. The Morgan fingerprint density at radius 3 is 1.84 bits per heavy atom. The number of likely N-dealkylation sites (tertiary alicyclic amines) is 1. The van der Waals surface area contributed by atoms with Crippen LogP contribution in [-0.2, 0) is 0 Å². The van der Waals surface area contributed by atoms with Crippen LogP contribution in [0.3, 0.4) is 0 Å². The second-order valence-electron chi connectivity index (χ2n) is 8.75. The molecule has 0 saturated carbocycles. The third-order valence-corrected chi connectivity index (χ3v) is 7.19. The van der Waals surface area contributed by atoms with Crippen LogP contribution in [0.2, 0.25) is 10.0 Å². The Morgan fingerprint density at radius 1 is 0.688 bits per heavy atom. The number of hydrogen-bond donors (Lipinski definition) is 0. The fraction of sp³-hybridized carbons (Fsp3) is 0.385. The highest BCUT2D eigenvalue weighted by atomic mass is 35.5. The monoisotopic (exact) mass is 466 g/mol. The van der Waals surface area contributed by atoms with Crippen LogP contribution in [0.1, 0.15) is 32.1 Å². The van der Waals surface area contributed by atoms with E-state index < -0.39 is 0 Å². The van der Waals surface area contributed by atoms with Crippen LogP contribution in [0.15, 0.2) is 54.7 Å². The molecule has 0 bridgehead atoms. The van der Waals surface area contributed by atoms with Gasteiger partial charge in [-0.3, -0.25) is 4.98 Å². The minimum Gasteiger partial charge on any atom is -0.355 e. The van der Waals surface area contributed by atoms with Crippen molar-refractivity contribution in [2.75, 3.05) is 31.1 Å². The van der Waals surface area contributed by atoms with E-state index in [-0.39, 0.29) is 0 Å². The lowest BCUT2D eigenvalue weighted by molar-refractivity contribution is 0.141. The number of nitrogens with zero attached hydrogens (tertiary/aromatic N) is 4. The summed E-state index contributed by atoms with van der Waals surface area (Å²) < 4.78 is 0. The Balaban J connectivity index is 1.42. The molecule has 2 aromatic carbocycles. The summed E-state index contributed by atoms with van der Waals surface area (Å²) >= 11 is 12.2. The van der Waals surface area contributed by atoms with Crippen LogP contribution < -0.4 is 4.90 Å². The maximum absolute atomic E-state index is 6.14. The molecule has 2 fully saturated rings. The van der Waals surface area contributed by atoms with Gasteiger partial charge in [0.05, 0.1) is 17.6 Å². The smallest absolute Gasteiger partial charge is 0.147 e. The standard InChI is InChI=1S/C26H28Cl2N4/c27-21-8-4-19(5-9-21)25-26(20-6-10-22(28)11-7-20)30-24(18-29-25)32-16-12-23(13-17-32)31-14-2-1-3-15-31/h4-11,18,23H,1-3,12-17H2. The summed E-state index contributed by atoms with van der Waals surface area (Å²) in [6.07, 6.45) is 8.39. The molecule has 0 radical (unpaired) electrons. The van der Waals surface area contributed by atoms with Crippen molar-refractivity contribution >= 4 is 29.0 Å². The summed E-state index contributed by atoms with van der Waals surface area (Å²) in [5, 5.41) is 1.42. The normalized spacial score (nSPS) is 18.1. The van der Waals surface area contributed by atoms with E-state index in [2.05, 4.69) is 9.80 Å². The summed E-state index contributed by atoms with van der Waals surface area (Å²) in [5.41, 5.74) is 3.75. The van der Waals surface area contributed by atoms with Gasteiger partial charge in [-0.25, -0.2) is 4.98 Å². The summed E-state index contributed by atoms with van der Waals surface area (Å²) in [6.45, 7) is 4.58. The lowest BCUT2D eigenvalue weighted by Crippen LogP contribution is -2.47. The maximum Gasteiger partial charge on any atom is 0.147 e. The van der Waals surface area contributed by atoms with Gasteiger partial charge in [0.15, 0.2) is 0 Å². The van der Waals surface area contributed by atoms with Crippen LogP contribution in [0.25, 0.3) is 22.5 Å². The molecule has 166 valence electrons. The largest absolute Gasteiger partial charge is 0.355 e. The molecule has 0 atom stereocenters. The predicted molar refractivity (Wildman–Crippen MR) is 134 cm³/mol. The molecule has 3 heterocycles. The van der Waals surface area contributed by atoms with Gasteiger partial charge in [0.25, 0.3) is 0 Å². The van der Waals surface area contributed by atoms with Crippen LogP contribution in [-0.4, -0.2) is 47.1 Å². The zero-order valence-corrected chi connectivity index (χ0v) is 19.7. The van der Waals surface area contributed by atoms with E-state index in [1.807, 2.05) is 54.7 Å². The van der Waals surface area contributed by atoms with Crippen molar-refractivity contribution in [1.82, 2.24) is 14.9 Å². The van der Waals surface area contributed by atoms with Crippen molar-refractivity contribution in [2.24, 2.45) is 0 Å². The Kier molecular flexibility index (Phi) is 6.63. The van der Waals surface area contributed by atoms with Gasteiger partial charge in [0.1, 0.15) is 5.82 Å². The molecular formula is C26H28Cl2N4. The average Bonchev–Trinajstić information content (AvgIpc) is 2.85. The first-order chi connectivity index (χ1) is 15.7. The van der Waals surface area contributed by atoms with E-state index in [1.54, 1.807) is 0 Å². The predicted octanol–water partition coefficient (Wildman–Crippen LogP) is 6.57. The third kappa shape index (κ3) is 4.78. The Bertz CT molecular complexity index is 1040. The Hall–Kier alpha value is -2.14. The van der Waals surface area contributed by atoms with Crippen molar-refractivity contribution in [3.05, 3.63) is 64.8 Å². The fourth-order valence-electron chi connectivity index (χ4n) is 4.90. The number of halogens is 2. The number of anilines is 1. The minimum atomic E-state index is 0.711. The molecule has 0 aliphatic carbocycles. The second-order valence-corrected chi connectivity index (χ2v) is 9.63. The van der Waals surface area contributed by atoms with Crippen LogP contribution >= 0.6 is 23.2 Å². The van der Waals surface area contributed by atoms with Crippen molar-refractivity contribution < 1.29 is 0 Å². The Morgan fingerprint density at radius 2 is 1.25 bits per heavy atom. The molecule has 4 nitrogen and oxygen atoms in total. The van der Waals surface area contributed by atoms with Gasteiger partial charge in [-0.1, -0.05) is 53.9 Å². The van der Waals surface area contributed by atoms with Gasteiger partial charge in [-0.05, 0) is 63.0 Å². The first-order valence-corrected chi connectivity index (χ1v) is 12.3. The lowest BCUT2D eigenvalue weighted by Gasteiger charge is -2.40. The van der Waals surface area contributed by atoms with Crippen molar-refractivity contribution in [2.45, 2.75) is 38.1 Å². The zero-order valence-electron chi connectivity index (χ0n) is 18.2. The highest BCUT2D eigenvalue weighted by Gasteiger charge is 2.26. The number of benzene rings is 2. The molecule has 5 rings (SSSR count). The maximum atomic E-state index is 6.14. The van der Waals surface area contributed by atoms with Crippen molar-refractivity contribution in [3.8, 4) is 22.5 Å². The zero-order chi connectivity index (χ0) is 21.9. The van der Waals surface area contributed by atoms with Crippen LogP contribution in [0.5, 0.6) is 0 Å². The molecule has 1 aromatic heterocycles. The van der Waals surface area contributed by atoms with Gasteiger partial charge in [-0.15, -0.1) is 0 Å². The molecule has 0 unspecified atom stereocenters. The van der Waals surface area contributed by atoms with E-state index in [9.17, 15) is 0 Å². The van der Waals surface area contributed by atoms with E-state index in [1.165, 1.54) is 45.2 Å². The highest BCUT2D eigenvalue weighted by Crippen LogP contribution is 2.33. The lowest BCUT2D eigenvalue weighted by atomic mass is 10.00. The molecular weight excluding hydrogens is 439 g/mol. The highest BCUT2D eigenvalue weighted by molar-refractivity contribution is 6.31. The van der Waals surface area contributed by atoms with E-state index >= 15 is 0 Å². The number of hydrogen-bond acceptors (Lipinski definition) is 4. The van der Waals surface area contributed by atoms with Gasteiger partial charge in [0.2, 0.25) is 0 Å². The van der Waals surface area contributed by atoms with Crippen LogP contribution in [0.4, 0.5) is 5.82 Å². The summed E-state index contributed by atoms with van der Waals surface area (Å²) in [5.74, 6) is 0.949. The molecule has 32 heavy (non-hydrogen) atoms. The third-order valence-electron chi connectivity index (χ3n) is 6.69. The molecule has 6 heteroatoms. The molecule has 2 aliphatic heterocycles. The fourth-order valence-corrected chi connectivity index (χ4v) is 5.16. The minimum absolute atomic E-state index is 0.711. The topological polar surface area (TPSA) is 32.3 Å². The summed E-state index contributed by atoms with van der Waals surface area (Å²) in [6, 6.07) is 16.3. The number of rotatable bonds is 4. The van der Waals surface area contributed by atoms with E-state index in [0.717, 1.165) is 41.4 Å². The SMILES string of the molecule is Clc1ccc(-c2ncc(N3CCC(N4CCCCC4)CC3)nc2-c2ccc(Cl)cc2)cc1. The van der Waals surface area contributed by atoms with Crippen molar-refractivity contribution in [1.29, 1.82) is 0 Å². The van der Waals surface area contributed by atoms with Gasteiger partial charge in [-0.2, -0.15) is 0 Å². The Labute approximate surface area is 200 Å². The average molecular weight is 467 g/mol. The van der Waals surface area contributed by atoms with Crippen LogP contribution in [0, 0.1) is 0 Å². The van der Waals surface area contributed by atoms with Crippen molar-refractivity contribution in [3.63, 3.8) is 0 Å². The molecule has 2 aliphatic rings. The van der Waals surface area contributed by atoms with Gasteiger partial charge >= 0.3 is 0 Å². The van der Waals surface area contributed by atoms with E-state index in [0.29, 0.717) is 16.1 Å². The quantitative estimate of drug-likeness (QED) is 0.434. The number of aromatic nitrogens is 2. The first-order valence-electron chi connectivity index (χ1n) is 11.6. The number of piperidine rings is 2. The first kappa shape index (κ1) is 21.7. The molecule has 0 spiro atoms. The second kappa shape index (κ2) is 9.78. The van der Waals surface area contributed by atoms with Gasteiger partial charge in [0, 0.05) is 40.3 Å². The summed E-state index contributed by atoms with van der Waals surface area (Å²) in [7, 11) is 0. The molecule has 3 aromatic rings.